The van der Waals surface area contributed by atoms with E-state index in [9.17, 15) is 29.1 Å². The van der Waals surface area contributed by atoms with Gasteiger partial charge in [0, 0.05) is 29.9 Å². The van der Waals surface area contributed by atoms with Crippen molar-refractivity contribution in [2.45, 2.75) is 56.8 Å². The first-order valence-electron chi connectivity index (χ1n) is 12.8. The maximum Gasteiger partial charge on any atom is 0.325 e. The molecule has 3 rings (SSSR count). The number of rotatable bonds is 14. The van der Waals surface area contributed by atoms with Crippen molar-refractivity contribution in [3.05, 3.63) is 71.9 Å². The van der Waals surface area contributed by atoms with E-state index < -0.39 is 53.8 Å². The Bertz CT molecular complexity index is 1360. The predicted molar refractivity (Wildman–Crippen MR) is 148 cm³/mol. The molecular formula is C28H34N6O6. The maximum atomic E-state index is 13.4. The number of carbonyl (C=O) groups is 5. The summed E-state index contributed by atoms with van der Waals surface area (Å²) in [4.78, 5) is 65.2. The molecule has 1 heterocycles. The van der Waals surface area contributed by atoms with Crippen LogP contribution in [0.2, 0.25) is 0 Å². The molecule has 40 heavy (non-hydrogen) atoms. The van der Waals surface area contributed by atoms with E-state index in [1.54, 1.807) is 6.20 Å². The Hall–Kier alpha value is -4.71. The number of hydrogen-bond acceptors (Lipinski definition) is 6. The molecular weight excluding hydrogens is 516 g/mol. The summed E-state index contributed by atoms with van der Waals surface area (Å²) < 4.78 is 0. The summed E-state index contributed by atoms with van der Waals surface area (Å²) in [6.07, 6.45) is 1.61. The second-order valence-electron chi connectivity index (χ2n) is 9.56. The van der Waals surface area contributed by atoms with Gasteiger partial charge in [0.05, 0.1) is 6.04 Å². The Labute approximate surface area is 230 Å². The summed E-state index contributed by atoms with van der Waals surface area (Å²) in [7, 11) is 0. The average Bonchev–Trinajstić information content (AvgIpc) is 3.33. The van der Waals surface area contributed by atoms with E-state index >= 15 is 0 Å². The van der Waals surface area contributed by atoms with Gasteiger partial charge in [-0.3, -0.25) is 24.0 Å². The molecule has 2 aromatic carbocycles. The summed E-state index contributed by atoms with van der Waals surface area (Å²) in [5, 5.41) is 17.6. The van der Waals surface area contributed by atoms with E-state index in [4.69, 9.17) is 11.5 Å². The van der Waals surface area contributed by atoms with Gasteiger partial charge in [-0.25, -0.2) is 0 Å². The lowest BCUT2D eigenvalue weighted by molar-refractivity contribution is -0.141. The number of H-pyrrole nitrogens is 1. The number of aliphatic carboxylic acids is 1. The predicted octanol–water partition coefficient (Wildman–Crippen LogP) is 0.105. The number of carboxylic acid groups (broad SMARTS) is 1. The van der Waals surface area contributed by atoms with E-state index in [1.165, 1.54) is 6.92 Å². The molecule has 4 atom stereocenters. The average molecular weight is 551 g/mol. The highest BCUT2D eigenvalue weighted by Gasteiger charge is 2.30. The van der Waals surface area contributed by atoms with Crippen molar-refractivity contribution < 1.29 is 29.1 Å². The summed E-state index contributed by atoms with van der Waals surface area (Å²) in [5.41, 5.74) is 13.7. The van der Waals surface area contributed by atoms with Crippen molar-refractivity contribution in [3.8, 4) is 0 Å². The van der Waals surface area contributed by atoms with Crippen LogP contribution >= 0.6 is 0 Å². The Kier molecular flexibility index (Phi) is 10.4. The van der Waals surface area contributed by atoms with E-state index in [-0.39, 0.29) is 25.7 Å². The number of para-hydroxylation sites is 1. The quantitative estimate of drug-likeness (QED) is 0.147. The van der Waals surface area contributed by atoms with Gasteiger partial charge in [-0.1, -0.05) is 48.5 Å². The molecule has 4 amide bonds. The first kappa shape index (κ1) is 29.8. The lowest BCUT2D eigenvalue weighted by Gasteiger charge is -2.24. The third kappa shape index (κ3) is 8.40. The molecule has 12 heteroatoms. The van der Waals surface area contributed by atoms with Crippen LogP contribution in [0.5, 0.6) is 0 Å². The van der Waals surface area contributed by atoms with Crippen LogP contribution in [0.25, 0.3) is 10.9 Å². The van der Waals surface area contributed by atoms with Gasteiger partial charge in [0.15, 0.2) is 0 Å². The minimum atomic E-state index is -1.25. The Morgan fingerprint density at radius 2 is 1.48 bits per heavy atom. The highest BCUT2D eigenvalue weighted by molar-refractivity contribution is 5.95. The molecule has 0 radical (unpaired) electrons. The zero-order chi connectivity index (χ0) is 29.2. The number of benzene rings is 2. The highest BCUT2D eigenvalue weighted by Crippen LogP contribution is 2.19. The fourth-order valence-corrected chi connectivity index (χ4v) is 4.17. The summed E-state index contributed by atoms with van der Waals surface area (Å²) in [6, 6.07) is 11.9. The molecule has 0 saturated heterocycles. The standard InChI is InChI=1S/C28H34N6O6/c1-16(28(39)40)32-27(38)23(14-18-15-31-21-10-6-5-9-19(18)21)34-26(37)22(11-12-24(30)35)33-25(36)20(29)13-17-7-3-2-4-8-17/h2-10,15-16,20,22-23,31H,11-14,29H2,1H3,(H2,30,35)(H,32,38)(H,33,36)(H,34,37)(H,39,40)/t16-,20+,22-,23-/m0/s1. The zero-order valence-corrected chi connectivity index (χ0v) is 22.1. The molecule has 0 aliphatic heterocycles. The molecule has 12 nitrogen and oxygen atoms in total. The molecule has 9 N–H and O–H groups in total. The van der Waals surface area contributed by atoms with Gasteiger partial charge in [0.2, 0.25) is 23.6 Å². The smallest absolute Gasteiger partial charge is 0.325 e. The largest absolute Gasteiger partial charge is 0.480 e. The van der Waals surface area contributed by atoms with Crippen LogP contribution in [0.15, 0.2) is 60.8 Å². The number of carboxylic acids is 1. The first-order valence-corrected chi connectivity index (χ1v) is 12.8. The molecule has 1 aromatic heterocycles. The zero-order valence-electron chi connectivity index (χ0n) is 22.1. The normalized spacial score (nSPS) is 13.9. The maximum absolute atomic E-state index is 13.4. The van der Waals surface area contributed by atoms with Crippen molar-refractivity contribution in [2.75, 3.05) is 0 Å². The van der Waals surface area contributed by atoms with Gasteiger partial charge in [-0.05, 0) is 37.0 Å². The van der Waals surface area contributed by atoms with Gasteiger partial charge >= 0.3 is 5.97 Å². The summed E-state index contributed by atoms with van der Waals surface area (Å²) >= 11 is 0. The van der Waals surface area contributed by atoms with Gasteiger partial charge in [0.1, 0.15) is 18.1 Å². The van der Waals surface area contributed by atoms with Crippen LogP contribution in [0.4, 0.5) is 0 Å². The molecule has 0 aliphatic rings. The Balaban J connectivity index is 1.79. The fraction of sp³-hybridized carbons (Fsp3) is 0.321. The molecule has 0 spiro atoms. The highest BCUT2D eigenvalue weighted by atomic mass is 16.4. The van der Waals surface area contributed by atoms with Crippen LogP contribution in [0.3, 0.4) is 0 Å². The van der Waals surface area contributed by atoms with Crippen molar-refractivity contribution in [1.29, 1.82) is 0 Å². The molecule has 3 aromatic rings. The van der Waals surface area contributed by atoms with E-state index in [1.807, 2.05) is 54.6 Å². The molecule has 212 valence electrons. The second kappa shape index (κ2) is 13.9. The van der Waals surface area contributed by atoms with Crippen LogP contribution in [0.1, 0.15) is 30.9 Å². The van der Waals surface area contributed by atoms with Crippen molar-refractivity contribution in [2.24, 2.45) is 11.5 Å². The van der Waals surface area contributed by atoms with Crippen molar-refractivity contribution in [3.63, 3.8) is 0 Å². The van der Waals surface area contributed by atoms with Crippen LogP contribution < -0.4 is 27.4 Å². The van der Waals surface area contributed by atoms with Crippen LogP contribution in [-0.2, 0) is 36.8 Å². The third-order valence-corrected chi connectivity index (χ3v) is 6.41. The van der Waals surface area contributed by atoms with Gasteiger partial charge in [-0.15, -0.1) is 0 Å². The minimum Gasteiger partial charge on any atom is -0.480 e. The second-order valence-corrected chi connectivity index (χ2v) is 9.56. The topological polar surface area (TPSA) is 210 Å². The number of amides is 4. The van der Waals surface area contributed by atoms with Crippen LogP contribution in [-0.4, -0.2) is 63.9 Å². The van der Waals surface area contributed by atoms with Crippen molar-refractivity contribution in [1.82, 2.24) is 20.9 Å². The number of hydrogen-bond donors (Lipinski definition) is 7. The summed E-state index contributed by atoms with van der Waals surface area (Å²) in [5.74, 6) is -4.02. The van der Waals surface area contributed by atoms with Crippen molar-refractivity contribution >= 4 is 40.5 Å². The number of carbonyl (C=O) groups excluding carboxylic acids is 4. The molecule has 0 unspecified atom stereocenters. The monoisotopic (exact) mass is 550 g/mol. The number of nitrogens with one attached hydrogen (secondary N) is 4. The number of primary amides is 1. The van der Waals surface area contributed by atoms with E-state index in [0.29, 0.717) is 5.56 Å². The molecule has 0 aliphatic carbocycles. The lowest BCUT2D eigenvalue weighted by Crippen LogP contribution is -2.57. The van der Waals surface area contributed by atoms with Gasteiger partial charge in [-0.2, -0.15) is 0 Å². The van der Waals surface area contributed by atoms with E-state index in [2.05, 4.69) is 20.9 Å². The molecule has 0 bridgehead atoms. The fourth-order valence-electron chi connectivity index (χ4n) is 4.17. The first-order chi connectivity index (χ1) is 19.0. The molecule has 0 saturated carbocycles. The number of aromatic nitrogens is 1. The van der Waals surface area contributed by atoms with Crippen LogP contribution in [0, 0.1) is 0 Å². The number of nitrogens with two attached hydrogens (primary N) is 2. The SMILES string of the molecule is C[C@H](NC(=O)[C@H](Cc1c[nH]c2ccccc12)NC(=O)[C@H](CCC(N)=O)NC(=O)[C@H](N)Cc1ccccc1)C(=O)O. The lowest BCUT2D eigenvalue weighted by atomic mass is 10.0. The number of aromatic amines is 1. The summed E-state index contributed by atoms with van der Waals surface area (Å²) in [6.45, 7) is 1.30. The number of fused-ring (bicyclic) bond motifs is 1. The Morgan fingerprint density at radius 1 is 0.850 bits per heavy atom. The van der Waals surface area contributed by atoms with Gasteiger partial charge < -0.3 is 37.5 Å². The van der Waals surface area contributed by atoms with Gasteiger partial charge in [0.25, 0.3) is 0 Å². The molecule has 0 fully saturated rings. The van der Waals surface area contributed by atoms with E-state index in [0.717, 1.165) is 16.5 Å². The Morgan fingerprint density at radius 3 is 2.15 bits per heavy atom. The minimum absolute atomic E-state index is 0.0257. The third-order valence-electron chi connectivity index (χ3n) is 6.41.